The Balaban J connectivity index is 1.34. The summed E-state index contributed by atoms with van der Waals surface area (Å²) >= 11 is 0. The Bertz CT molecular complexity index is 627. The van der Waals surface area contributed by atoms with Gasteiger partial charge in [0.2, 0.25) is 0 Å². The van der Waals surface area contributed by atoms with Crippen LogP contribution in [-0.4, -0.2) is 64.1 Å². The summed E-state index contributed by atoms with van der Waals surface area (Å²) in [5.74, 6) is 0.506. The van der Waals surface area contributed by atoms with Crippen molar-refractivity contribution in [3.8, 4) is 0 Å². The highest BCUT2D eigenvalue weighted by molar-refractivity contribution is 5.91. The fourth-order valence-corrected chi connectivity index (χ4v) is 5.35. The van der Waals surface area contributed by atoms with Crippen LogP contribution in [0.5, 0.6) is 0 Å². The Morgan fingerprint density at radius 3 is 2.68 bits per heavy atom. The number of hydrogen-bond donors (Lipinski definition) is 2. The van der Waals surface area contributed by atoms with E-state index in [0.717, 1.165) is 26.2 Å². The lowest BCUT2D eigenvalue weighted by Gasteiger charge is -2.48. The van der Waals surface area contributed by atoms with E-state index in [2.05, 4.69) is 25.8 Å². The average Bonchev–Trinajstić information content (AvgIpc) is 3.23. The van der Waals surface area contributed by atoms with Gasteiger partial charge in [0.15, 0.2) is 5.69 Å². The Morgan fingerprint density at radius 1 is 1.14 bits per heavy atom. The number of hydrogen-bond acceptors (Lipinski definition) is 5. The van der Waals surface area contributed by atoms with E-state index in [1.807, 2.05) is 10.9 Å². The minimum Gasteiger partial charge on any atom is -0.349 e. The van der Waals surface area contributed by atoms with Crippen LogP contribution in [0.25, 0.3) is 0 Å². The molecule has 2 saturated heterocycles. The van der Waals surface area contributed by atoms with Gasteiger partial charge in [0.05, 0.1) is 6.20 Å². The van der Waals surface area contributed by atoms with Gasteiger partial charge in [-0.1, -0.05) is 30.9 Å². The molecular weight excluding hydrogens is 352 g/mol. The molecule has 156 valence electrons. The van der Waals surface area contributed by atoms with Gasteiger partial charge in [0, 0.05) is 18.6 Å². The Morgan fingerprint density at radius 2 is 1.93 bits per heavy atom. The summed E-state index contributed by atoms with van der Waals surface area (Å²) in [5, 5.41) is 15.0. The molecule has 3 fully saturated rings. The molecule has 3 aliphatic rings. The van der Waals surface area contributed by atoms with Crippen molar-refractivity contribution in [2.45, 2.75) is 76.3 Å². The van der Waals surface area contributed by atoms with Crippen LogP contribution >= 0.6 is 0 Å². The van der Waals surface area contributed by atoms with Crippen LogP contribution in [0.2, 0.25) is 0 Å². The molecule has 7 nitrogen and oxygen atoms in total. The van der Waals surface area contributed by atoms with Gasteiger partial charge in [-0.3, -0.25) is 14.4 Å². The lowest BCUT2D eigenvalue weighted by Crippen LogP contribution is -2.58. The van der Waals surface area contributed by atoms with E-state index in [1.54, 1.807) is 0 Å². The van der Waals surface area contributed by atoms with Crippen LogP contribution in [0.15, 0.2) is 6.20 Å². The third kappa shape index (κ3) is 4.74. The van der Waals surface area contributed by atoms with Gasteiger partial charge >= 0.3 is 0 Å². The molecular formula is C21H36N6O. The van der Waals surface area contributed by atoms with Crippen molar-refractivity contribution in [1.82, 2.24) is 30.5 Å². The van der Waals surface area contributed by atoms with Crippen LogP contribution in [0.3, 0.4) is 0 Å². The zero-order valence-electron chi connectivity index (χ0n) is 17.2. The number of rotatable bonds is 6. The number of amides is 1. The number of carbonyl (C=O) groups excluding carboxylic acids is 1. The molecule has 0 spiro atoms. The van der Waals surface area contributed by atoms with Crippen LogP contribution in [0.1, 0.15) is 74.7 Å². The van der Waals surface area contributed by atoms with E-state index in [-0.39, 0.29) is 11.4 Å². The van der Waals surface area contributed by atoms with E-state index in [0.29, 0.717) is 11.6 Å². The molecule has 1 aliphatic carbocycles. The van der Waals surface area contributed by atoms with Gasteiger partial charge in [0.1, 0.15) is 0 Å². The number of likely N-dealkylation sites (tertiary alicyclic amines) is 1. The minimum absolute atomic E-state index is 0.0741. The maximum Gasteiger partial charge on any atom is 0.273 e. The first-order valence-corrected chi connectivity index (χ1v) is 11.4. The molecule has 1 atom stereocenters. The first kappa shape index (κ1) is 19.8. The van der Waals surface area contributed by atoms with Crippen molar-refractivity contribution < 1.29 is 4.79 Å². The molecule has 1 saturated carbocycles. The maximum atomic E-state index is 12.8. The van der Waals surface area contributed by atoms with Gasteiger partial charge in [0.25, 0.3) is 5.91 Å². The molecule has 3 heterocycles. The predicted octanol–water partition coefficient (Wildman–Crippen LogP) is 2.20. The van der Waals surface area contributed by atoms with E-state index in [4.69, 9.17) is 0 Å². The van der Waals surface area contributed by atoms with E-state index < -0.39 is 0 Å². The molecule has 0 radical (unpaired) electrons. The normalized spacial score (nSPS) is 26.1. The second-order valence-corrected chi connectivity index (χ2v) is 9.05. The highest BCUT2D eigenvalue weighted by atomic mass is 16.2. The Hall–Kier alpha value is -1.47. The fraction of sp³-hybridized carbons (Fsp3) is 0.857. The molecule has 1 aromatic heterocycles. The Labute approximate surface area is 168 Å². The highest BCUT2D eigenvalue weighted by Gasteiger charge is 2.38. The first-order valence-electron chi connectivity index (χ1n) is 11.4. The third-order valence-corrected chi connectivity index (χ3v) is 7.00. The predicted molar refractivity (Wildman–Crippen MR) is 109 cm³/mol. The van der Waals surface area contributed by atoms with Gasteiger partial charge in [-0.05, 0) is 70.6 Å². The second-order valence-electron chi connectivity index (χ2n) is 9.05. The highest BCUT2D eigenvalue weighted by Crippen LogP contribution is 2.35. The monoisotopic (exact) mass is 388 g/mol. The van der Waals surface area contributed by atoms with Crippen molar-refractivity contribution >= 4 is 5.91 Å². The number of piperidine rings is 2. The Kier molecular flexibility index (Phi) is 6.62. The van der Waals surface area contributed by atoms with Crippen molar-refractivity contribution in [2.75, 3.05) is 32.7 Å². The molecule has 1 amide bonds. The van der Waals surface area contributed by atoms with E-state index in [9.17, 15) is 4.79 Å². The van der Waals surface area contributed by atoms with Crippen LogP contribution in [0, 0.1) is 5.92 Å². The maximum absolute atomic E-state index is 12.8. The summed E-state index contributed by atoms with van der Waals surface area (Å²) in [5.41, 5.74) is 0.603. The number of carbonyl (C=O) groups is 1. The molecule has 4 rings (SSSR count). The van der Waals surface area contributed by atoms with Gasteiger partial charge in [-0.25, -0.2) is 0 Å². The van der Waals surface area contributed by atoms with E-state index >= 15 is 0 Å². The first-order chi connectivity index (χ1) is 13.8. The van der Waals surface area contributed by atoms with Crippen molar-refractivity contribution in [1.29, 1.82) is 0 Å². The number of nitrogens with zero attached hydrogens (tertiary/aromatic N) is 4. The smallest absolute Gasteiger partial charge is 0.273 e. The quantitative estimate of drug-likeness (QED) is 0.781. The molecule has 2 N–H and O–H groups in total. The van der Waals surface area contributed by atoms with Gasteiger partial charge < -0.3 is 10.6 Å². The topological polar surface area (TPSA) is 75.1 Å². The molecule has 0 aromatic carbocycles. The second kappa shape index (κ2) is 9.35. The van der Waals surface area contributed by atoms with Crippen molar-refractivity contribution in [3.05, 3.63) is 11.9 Å². The lowest BCUT2D eigenvalue weighted by atomic mass is 9.79. The average molecular weight is 389 g/mol. The van der Waals surface area contributed by atoms with Crippen LogP contribution in [0.4, 0.5) is 0 Å². The molecule has 0 unspecified atom stereocenters. The summed E-state index contributed by atoms with van der Waals surface area (Å²) < 4.78 is 1.84. The van der Waals surface area contributed by atoms with Gasteiger partial charge in [-0.15, -0.1) is 5.10 Å². The zero-order chi connectivity index (χ0) is 19.2. The van der Waals surface area contributed by atoms with Crippen LogP contribution in [-0.2, 0) is 6.54 Å². The number of nitrogens with one attached hydrogen (secondary N) is 2. The summed E-state index contributed by atoms with van der Waals surface area (Å²) in [4.78, 5) is 15.4. The third-order valence-electron chi connectivity index (χ3n) is 7.00. The molecule has 1 aromatic rings. The number of aromatic nitrogens is 3. The van der Waals surface area contributed by atoms with Crippen LogP contribution < -0.4 is 10.6 Å². The minimum atomic E-state index is -0.0741. The van der Waals surface area contributed by atoms with Crippen molar-refractivity contribution in [2.24, 2.45) is 5.92 Å². The summed E-state index contributed by atoms with van der Waals surface area (Å²) in [6.07, 6.45) is 14.5. The molecule has 28 heavy (non-hydrogen) atoms. The fourth-order valence-electron chi connectivity index (χ4n) is 5.35. The van der Waals surface area contributed by atoms with E-state index in [1.165, 1.54) is 77.3 Å². The molecule has 7 heteroatoms. The SMILES string of the molecule is O=C(NCC1(N2CCCCC2)CCCCC1)c1cn(C[C@H]2CCCNC2)nn1. The lowest BCUT2D eigenvalue weighted by molar-refractivity contribution is 0.0326. The summed E-state index contributed by atoms with van der Waals surface area (Å²) in [6, 6.07) is 0. The van der Waals surface area contributed by atoms with Gasteiger partial charge in [-0.2, -0.15) is 0 Å². The summed E-state index contributed by atoms with van der Waals surface area (Å²) in [6.45, 7) is 6.08. The standard InChI is InChI=1S/C21H36N6O/c28-20(19-16-27(25-24-19)15-18-8-7-11-22-14-18)23-17-21(9-3-1-4-10-21)26-12-5-2-6-13-26/h16,18,22H,1-15,17H2,(H,23,28)/t18-/m0/s1. The van der Waals surface area contributed by atoms with Crippen molar-refractivity contribution in [3.63, 3.8) is 0 Å². The molecule has 2 aliphatic heterocycles. The largest absolute Gasteiger partial charge is 0.349 e. The zero-order valence-corrected chi connectivity index (χ0v) is 17.2. The summed E-state index contributed by atoms with van der Waals surface area (Å²) in [7, 11) is 0. The molecule has 0 bridgehead atoms.